The van der Waals surface area contributed by atoms with E-state index in [0.717, 1.165) is 95.8 Å². The zero-order chi connectivity index (χ0) is 46.1. The third-order valence-corrected chi connectivity index (χ3v) is 15.5. The number of nitrogens with zero attached hydrogens (tertiary/aromatic N) is 2. The summed E-state index contributed by atoms with van der Waals surface area (Å²) in [4.78, 5) is 62.5. The number of carbonyl (C=O) groups is 4. The normalized spacial score (nSPS) is 14.5. The van der Waals surface area contributed by atoms with Gasteiger partial charge in [0.05, 0.1) is 11.4 Å². The summed E-state index contributed by atoms with van der Waals surface area (Å²) in [6.07, 6.45) is 0. The van der Waals surface area contributed by atoms with Gasteiger partial charge in [0, 0.05) is 42.0 Å². The molecule has 66 heavy (non-hydrogen) atoms. The average Bonchev–Trinajstić information content (AvgIpc) is 3.29. The predicted octanol–water partition coefficient (Wildman–Crippen LogP) is 16.3. The van der Waals surface area contributed by atoms with E-state index in [2.05, 4.69) is 136 Å². The second-order valence-electron chi connectivity index (χ2n) is 19.6. The van der Waals surface area contributed by atoms with Crippen molar-refractivity contribution in [2.24, 2.45) is 0 Å². The molecule has 0 fully saturated rings. The van der Waals surface area contributed by atoms with E-state index in [1.54, 1.807) is 0 Å². The molecule has 12 rings (SSSR count). The maximum Gasteiger partial charge on any atom is 0.266 e. The zero-order valence-corrected chi connectivity index (χ0v) is 41.0. The number of carbonyl (C=O) groups excluding carboxylic acids is 4. The molecule has 2 aliphatic heterocycles. The highest BCUT2D eigenvalue weighted by Gasteiger charge is 2.40. The summed E-state index contributed by atoms with van der Waals surface area (Å²) in [5.41, 5.74) is 7.21. The highest BCUT2D eigenvalue weighted by molar-refractivity contribution is 9.10. The summed E-state index contributed by atoms with van der Waals surface area (Å²) < 4.78 is 1.85. The third kappa shape index (κ3) is 5.28. The van der Waals surface area contributed by atoms with Crippen LogP contribution in [0.15, 0.2) is 106 Å². The Bertz CT molecular complexity index is 3420. The minimum Gasteiger partial charge on any atom is -0.268 e. The molecule has 0 bridgehead atoms. The largest absolute Gasteiger partial charge is 0.268 e. The van der Waals surface area contributed by atoms with Crippen molar-refractivity contribution in [3.63, 3.8) is 0 Å². The smallest absolute Gasteiger partial charge is 0.266 e. The van der Waals surface area contributed by atoms with Crippen molar-refractivity contribution >= 4 is 142 Å². The molecule has 0 spiro atoms. The van der Waals surface area contributed by atoms with Crippen molar-refractivity contribution in [1.29, 1.82) is 0 Å². The molecule has 10 aromatic carbocycles. The van der Waals surface area contributed by atoms with Gasteiger partial charge in [-0.1, -0.05) is 136 Å². The molecule has 324 valence electrons. The van der Waals surface area contributed by atoms with E-state index in [-0.39, 0.29) is 47.3 Å². The fourth-order valence-corrected chi connectivity index (χ4v) is 12.6. The number of amides is 4. The summed E-state index contributed by atoms with van der Waals surface area (Å²) in [6, 6.07) is 32.7. The van der Waals surface area contributed by atoms with Gasteiger partial charge in [0.1, 0.15) is 0 Å². The van der Waals surface area contributed by atoms with Crippen molar-refractivity contribution in [1.82, 2.24) is 0 Å². The van der Waals surface area contributed by atoms with E-state index >= 15 is 0 Å². The van der Waals surface area contributed by atoms with Crippen LogP contribution in [0.1, 0.15) is 143 Å². The van der Waals surface area contributed by atoms with Gasteiger partial charge in [-0.05, 0) is 159 Å². The summed E-state index contributed by atoms with van der Waals surface area (Å²) in [7, 11) is 0. The summed E-state index contributed by atoms with van der Waals surface area (Å²) in [6.45, 7) is 16.8. The molecule has 0 atom stereocenters. The molecule has 4 amide bonds. The Morgan fingerprint density at radius 1 is 0.318 bits per heavy atom. The minimum absolute atomic E-state index is 0.0695. The molecule has 0 saturated carbocycles. The van der Waals surface area contributed by atoms with Crippen molar-refractivity contribution in [3.8, 4) is 0 Å². The first-order chi connectivity index (χ1) is 31.6. The van der Waals surface area contributed by atoms with E-state index in [9.17, 15) is 19.2 Å². The fraction of sp³-hybridized carbons (Fsp3) is 0.207. The number of hydrogen-bond donors (Lipinski definition) is 0. The van der Waals surface area contributed by atoms with Gasteiger partial charge in [-0.15, -0.1) is 0 Å². The van der Waals surface area contributed by atoms with Crippen LogP contribution in [0.5, 0.6) is 0 Å². The standard InChI is InChI=1S/C58H44Br2N2O4/c1-25(2)43-21-29(59)22-44(26(3)4)53(43)61-55(63)39-17-13-35-31-9-11-33-37-15-19-41-52-42(58(66)62(57(41)65)54-45(27(5)6)23-30(60)24-46(54)28(7)8)20-16-38(50(37)52)34-12-10-32(47(31)48(33)34)36-14-18-40(56(61)64)51(39)49(35)36/h9-28H,1-8H3. The van der Waals surface area contributed by atoms with Gasteiger partial charge in [0.2, 0.25) is 0 Å². The first-order valence-corrected chi connectivity index (χ1v) is 24.4. The number of benzene rings is 10. The van der Waals surface area contributed by atoms with E-state index in [0.29, 0.717) is 44.4 Å². The maximum atomic E-state index is 14.9. The van der Waals surface area contributed by atoms with Crippen LogP contribution in [0.3, 0.4) is 0 Å². The maximum absolute atomic E-state index is 14.9. The zero-order valence-electron chi connectivity index (χ0n) is 37.8. The molecule has 0 radical (unpaired) electrons. The Hall–Kier alpha value is -6.22. The summed E-state index contributed by atoms with van der Waals surface area (Å²) >= 11 is 7.39. The van der Waals surface area contributed by atoms with Gasteiger partial charge in [-0.2, -0.15) is 0 Å². The van der Waals surface area contributed by atoms with Crippen molar-refractivity contribution < 1.29 is 19.2 Å². The molecular weight excluding hydrogens is 948 g/mol. The molecule has 0 aromatic heterocycles. The van der Waals surface area contributed by atoms with Crippen molar-refractivity contribution in [2.75, 3.05) is 9.80 Å². The number of fused-ring (bicyclic) bond motifs is 4. The lowest BCUT2D eigenvalue weighted by atomic mass is 9.80. The number of imide groups is 2. The summed E-state index contributed by atoms with van der Waals surface area (Å²) in [5, 5.41) is 13.5. The first kappa shape index (κ1) is 41.2. The Labute approximate surface area is 398 Å². The van der Waals surface area contributed by atoms with Crippen LogP contribution in [-0.4, -0.2) is 23.6 Å². The topological polar surface area (TPSA) is 74.8 Å². The van der Waals surface area contributed by atoms with Gasteiger partial charge in [0.25, 0.3) is 23.6 Å². The SMILES string of the molecule is CC(C)c1cc(Br)cc(C(C)C)c1N1C(=O)c2ccc3c4ccc5c6ccc7c8c(ccc(c9ccc(c%10ccc(c2c3%10)C1=O)c4c59)c86)C(=O)N(c1c(C(C)C)cc(Br)cc1C(C)C)C7=O. The molecule has 0 saturated heterocycles. The number of halogens is 2. The first-order valence-electron chi connectivity index (χ1n) is 22.8. The molecular formula is C58H44Br2N2O4. The number of anilines is 2. The summed E-state index contributed by atoms with van der Waals surface area (Å²) in [5.74, 6) is -0.972. The van der Waals surface area contributed by atoms with Gasteiger partial charge in [0.15, 0.2) is 0 Å². The number of hydrogen-bond acceptors (Lipinski definition) is 4. The van der Waals surface area contributed by atoms with Gasteiger partial charge in [-0.25, -0.2) is 9.80 Å². The van der Waals surface area contributed by atoms with Crippen LogP contribution < -0.4 is 9.80 Å². The van der Waals surface area contributed by atoms with Crippen molar-refractivity contribution in [2.45, 2.75) is 79.1 Å². The fourth-order valence-electron chi connectivity index (χ4n) is 11.6. The Kier molecular flexibility index (Phi) is 8.84. The molecule has 0 aliphatic carbocycles. The van der Waals surface area contributed by atoms with Crippen LogP contribution in [-0.2, 0) is 0 Å². The van der Waals surface area contributed by atoms with E-state index in [1.165, 1.54) is 9.80 Å². The second kappa shape index (κ2) is 14.1. The lowest BCUT2D eigenvalue weighted by Gasteiger charge is -2.33. The molecule has 10 aromatic rings. The Morgan fingerprint density at radius 3 is 0.727 bits per heavy atom. The average molecular weight is 993 g/mol. The molecule has 8 heteroatoms. The molecule has 0 N–H and O–H groups in total. The minimum atomic E-state index is -0.312. The quantitative estimate of drug-likeness (QED) is 0.0945. The van der Waals surface area contributed by atoms with Crippen LogP contribution >= 0.6 is 31.9 Å². The lowest BCUT2D eigenvalue weighted by molar-refractivity contribution is 0.0877. The Balaban J connectivity index is 1.08. The van der Waals surface area contributed by atoms with Crippen LogP contribution in [0.25, 0.3) is 75.4 Å². The van der Waals surface area contributed by atoms with Crippen LogP contribution in [0.2, 0.25) is 0 Å². The lowest BCUT2D eigenvalue weighted by Crippen LogP contribution is -2.41. The van der Waals surface area contributed by atoms with Gasteiger partial charge in [-0.3, -0.25) is 19.2 Å². The highest BCUT2D eigenvalue weighted by Crippen LogP contribution is 2.52. The molecule has 6 nitrogen and oxygen atoms in total. The van der Waals surface area contributed by atoms with E-state index in [4.69, 9.17) is 0 Å². The second-order valence-corrected chi connectivity index (χ2v) is 21.4. The van der Waals surface area contributed by atoms with Crippen LogP contribution in [0.4, 0.5) is 11.4 Å². The predicted molar refractivity (Wildman–Crippen MR) is 278 cm³/mol. The highest BCUT2D eigenvalue weighted by atomic mass is 79.9. The molecule has 2 aliphatic rings. The van der Waals surface area contributed by atoms with Crippen LogP contribution in [0, 0.1) is 0 Å². The third-order valence-electron chi connectivity index (χ3n) is 14.6. The van der Waals surface area contributed by atoms with E-state index in [1.807, 2.05) is 48.5 Å². The number of rotatable bonds is 6. The van der Waals surface area contributed by atoms with Gasteiger partial charge >= 0.3 is 0 Å². The van der Waals surface area contributed by atoms with Crippen molar-refractivity contribution in [3.05, 3.63) is 151 Å². The van der Waals surface area contributed by atoms with Gasteiger partial charge < -0.3 is 0 Å². The monoisotopic (exact) mass is 990 g/mol. The molecule has 2 heterocycles. The molecule has 0 unspecified atom stereocenters. The van der Waals surface area contributed by atoms with E-state index < -0.39 is 0 Å². The Morgan fingerprint density at radius 2 is 0.515 bits per heavy atom.